The monoisotopic (exact) mass is 242 g/mol. The van der Waals surface area contributed by atoms with Crippen LogP contribution < -0.4 is 5.73 Å². The van der Waals surface area contributed by atoms with Gasteiger partial charge in [0.1, 0.15) is 0 Å². The van der Waals surface area contributed by atoms with E-state index in [0.29, 0.717) is 18.1 Å². The highest BCUT2D eigenvalue weighted by atomic mass is 15.2. The summed E-state index contributed by atoms with van der Waals surface area (Å²) in [5.74, 6) is 0. The van der Waals surface area contributed by atoms with Crippen molar-refractivity contribution in [1.29, 1.82) is 0 Å². The Kier molecular flexibility index (Phi) is 9.85. The highest BCUT2D eigenvalue weighted by molar-refractivity contribution is 4.83. The van der Waals surface area contributed by atoms with E-state index in [2.05, 4.69) is 39.5 Å². The van der Waals surface area contributed by atoms with Crippen molar-refractivity contribution in [2.24, 2.45) is 5.73 Å². The lowest BCUT2D eigenvalue weighted by Gasteiger charge is -2.39. The topological polar surface area (TPSA) is 29.3 Å². The van der Waals surface area contributed by atoms with Crippen LogP contribution in [-0.2, 0) is 0 Å². The maximum Gasteiger partial charge on any atom is 0.0247 e. The molecular weight excluding hydrogens is 208 g/mol. The summed E-state index contributed by atoms with van der Waals surface area (Å²) >= 11 is 0. The fourth-order valence-corrected chi connectivity index (χ4v) is 2.60. The fraction of sp³-hybridized carbons (Fsp3) is 1.00. The van der Waals surface area contributed by atoms with E-state index in [1.54, 1.807) is 0 Å². The third kappa shape index (κ3) is 5.87. The Labute approximate surface area is 109 Å². The average molecular weight is 242 g/mol. The average Bonchev–Trinajstić information content (AvgIpc) is 2.33. The van der Waals surface area contributed by atoms with Crippen molar-refractivity contribution in [1.82, 2.24) is 4.90 Å². The Morgan fingerprint density at radius 3 is 2.06 bits per heavy atom. The minimum Gasteiger partial charge on any atom is -0.326 e. The summed E-state index contributed by atoms with van der Waals surface area (Å²) in [4.78, 5) is 2.66. The summed E-state index contributed by atoms with van der Waals surface area (Å²) in [7, 11) is 0. The van der Waals surface area contributed by atoms with Gasteiger partial charge in [0.25, 0.3) is 0 Å². The van der Waals surface area contributed by atoms with E-state index in [-0.39, 0.29) is 0 Å². The molecule has 0 aliphatic rings. The van der Waals surface area contributed by atoms with Gasteiger partial charge in [-0.1, -0.05) is 40.5 Å². The highest BCUT2D eigenvalue weighted by Gasteiger charge is 2.25. The molecule has 3 unspecified atom stereocenters. The SMILES string of the molecule is CCCCN(C(C)CC)C(CC)C(N)CCC. The number of rotatable bonds is 10. The first-order valence-electron chi connectivity index (χ1n) is 7.63. The second-order valence-corrected chi connectivity index (χ2v) is 5.28. The first-order chi connectivity index (χ1) is 8.12. The third-order valence-corrected chi connectivity index (χ3v) is 3.89. The number of unbranched alkanes of at least 4 members (excludes halogenated alkanes) is 1. The molecule has 0 saturated heterocycles. The fourth-order valence-electron chi connectivity index (χ4n) is 2.60. The molecule has 0 spiro atoms. The summed E-state index contributed by atoms with van der Waals surface area (Å²) in [6, 6.07) is 1.57. The van der Waals surface area contributed by atoms with Gasteiger partial charge >= 0.3 is 0 Å². The molecule has 0 aromatic carbocycles. The van der Waals surface area contributed by atoms with Crippen LogP contribution in [-0.4, -0.2) is 29.6 Å². The van der Waals surface area contributed by atoms with Gasteiger partial charge in [-0.3, -0.25) is 4.90 Å². The molecule has 0 aromatic heterocycles. The van der Waals surface area contributed by atoms with Gasteiger partial charge < -0.3 is 5.73 Å². The molecule has 3 atom stereocenters. The van der Waals surface area contributed by atoms with Crippen LogP contribution in [0.5, 0.6) is 0 Å². The maximum atomic E-state index is 6.36. The number of hydrogen-bond donors (Lipinski definition) is 1. The van der Waals surface area contributed by atoms with Gasteiger partial charge in [0.2, 0.25) is 0 Å². The second kappa shape index (κ2) is 9.90. The van der Waals surface area contributed by atoms with E-state index in [0.717, 1.165) is 6.42 Å². The van der Waals surface area contributed by atoms with Gasteiger partial charge in [0.05, 0.1) is 0 Å². The first-order valence-corrected chi connectivity index (χ1v) is 7.63. The molecule has 0 amide bonds. The zero-order chi connectivity index (χ0) is 13.3. The van der Waals surface area contributed by atoms with Crippen molar-refractivity contribution in [2.45, 2.75) is 91.3 Å². The Morgan fingerprint density at radius 1 is 1.00 bits per heavy atom. The molecule has 104 valence electrons. The van der Waals surface area contributed by atoms with Crippen LogP contribution in [0.3, 0.4) is 0 Å². The van der Waals surface area contributed by atoms with E-state index in [1.165, 1.54) is 38.6 Å². The van der Waals surface area contributed by atoms with Crippen molar-refractivity contribution in [3.05, 3.63) is 0 Å². The van der Waals surface area contributed by atoms with Crippen LogP contribution in [0, 0.1) is 0 Å². The molecule has 0 saturated carbocycles. The van der Waals surface area contributed by atoms with Crippen molar-refractivity contribution in [2.75, 3.05) is 6.54 Å². The van der Waals surface area contributed by atoms with Gasteiger partial charge in [0, 0.05) is 18.1 Å². The zero-order valence-electron chi connectivity index (χ0n) is 12.7. The van der Waals surface area contributed by atoms with Crippen molar-refractivity contribution in [3.63, 3.8) is 0 Å². The Morgan fingerprint density at radius 2 is 1.65 bits per heavy atom. The molecule has 17 heavy (non-hydrogen) atoms. The molecule has 0 radical (unpaired) electrons. The van der Waals surface area contributed by atoms with Crippen LogP contribution in [0.25, 0.3) is 0 Å². The zero-order valence-corrected chi connectivity index (χ0v) is 12.7. The van der Waals surface area contributed by atoms with E-state index in [9.17, 15) is 0 Å². The molecule has 0 heterocycles. The van der Waals surface area contributed by atoms with E-state index >= 15 is 0 Å². The quantitative estimate of drug-likeness (QED) is 0.631. The molecule has 2 heteroatoms. The molecule has 0 aliphatic heterocycles. The van der Waals surface area contributed by atoms with Crippen LogP contribution in [0.2, 0.25) is 0 Å². The molecule has 0 aliphatic carbocycles. The number of hydrogen-bond acceptors (Lipinski definition) is 2. The summed E-state index contributed by atoms with van der Waals surface area (Å²) in [6.45, 7) is 12.6. The van der Waals surface area contributed by atoms with Crippen molar-refractivity contribution in [3.8, 4) is 0 Å². The van der Waals surface area contributed by atoms with Crippen LogP contribution in [0.1, 0.15) is 73.1 Å². The molecule has 2 N–H and O–H groups in total. The van der Waals surface area contributed by atoms with Crippen LogP contribution >= 0.6 is 0 Å². The van der Waals surface area contributed by atoms with E-state index < -0.39 is 0 Å². The van der Waals surface area contributed by atoms with Gasteiger partial charge in [0.15, 0.2) is 0 Å². The predicted molar refractivity (Wildman–Crippen MR) is 78.3 cm³/mol. The van der Waals surface area contributed by atoms with Crippen molar-refractivity contribution < 1.29 is 0 Å². The smallest absolute Gasteiger partial charge is 0.0247 e. The summed E-state index contributed by atoms with van der Waals surface area (Å²) in [5.41, 5.74) is 6.36. The predicted octanol–water partition coefficient (Wildman–Crippen LogP) is 3.79. The first kappa shape index (κ1) is 16.9. The van der Waals surface area contributed by atoms with Crippen molar-refractivity contribution >= 4 is 0 Å². The highest BCUT2D eigenvalue weighted by Crippen LogP contribution is 2.17. The van der Waals surface area contributed by atoms with Gasteiger partial charge in [-0.15, -0.1) is 0 Å². The van der Waals surface area contributed by atoms with E-state index in [4.69, 9.17) is 5.73 Å². The summed E-state index contributed by atoms with van der Waals surface area (Å²) in [6.07, 6.45) is 7.30. The Balaban J connectivity index is 4.58. The summed E-state index contributed by atoms with van der Waals surface area (Å²) < 4.78 is 0. The Hall–Kier alpha value is -0.0800. The van der Waals surface area contributed by atoms with Gasteiger partial charge in [-0.05, 0) is 39.2 Å². The standard InChI is InChI=1S/C15H34N2/c1-6-10-12-17(13(5)8-3)15(9-4)14(16)11-7-2/h13-15H,6-12,16H2,1-5H3. The number of nitrogens with two attached hydrogens (primary N) is 1. The minimum atomic E-state index is 0.343. The summed E-state index contributed by atoms with van der Waals surface area (Å²) in [5, 5.41) is 0. The lowest BCUT2D eigenvalue weighted by molar-refractivity contribution is 0.111. The Bertz CT molecular complexity index is 170. The third-order valence-electron chi connectivity index (χ3n) is 3.89. The van der Waals surface area contributed by atoms with Crippen LogP contribution in [0.4, 0.5) is 0 Å². The molecule has 0 rings (SSSR count). The lowest BCUT2D eigenvalue weighted by Crippen LogP contribution is -2.51. The van der Waals surface area contributed by atoms with E-state index in [1.807, 2.05) is 0 Å². The molecule has 0 aromatic rings. The van der Waals surface area contributed by atoms with Crippen LogP contribution in [0.15, 0.2) is 0 Å². The molecule has 0 fully saturated rings. The maximum absolute atomic E-state index is 6.36. The largest absolute Gasteiger partial charge is 0.326 e. The second-order valence-electron chi connectivity index (χ2n) is 5.28. The normalized spacial score (nSPS) is 17.1. The lowest BCUT2D eigenvalue weighted by atomic mass is 9.97. The van der Waals surface area contributed by atoms with Gasteiger partial charge in [-0.2, -0.15) is 0 Å². The minimum absolute atomic E-state index is 0.343. The molecule has 0 bridgehead atoms. The molecular formula is C15H34N2. The van der Waals surface area contributed by atoms with Gasteiger partial charge in [-0.25, -0.2) is 0 Å². The molecule has 2 nitrogen and oxygen atoms in total. The number of nitrogens with zero attached hydrogens (tertiary/aromatic N) is 1.